The molecule has 0 unspecified atom stereocenters. The van der Waals surface area contributed by atoms with Gasteiger partial charge in [-0.3, -0.25) is 0 Å². The second-order valence-electron chi connectivity index (χ2n) is 4.77. The largest absolute Gasteiger partial charge is 0.478 e. The fourth-order valence-electron chi connectivity index (χ4n) is 2.01. The zero-order chi connectivity index (χ0) is 17.5. The topological polar surface area (TPSA) is 58.4 Å². The molecule has 2 rings (SSSR count). The molecule has 0 radical (unpaired) electrons. The van der Waals surface area contributed by atoms with Crippen molar-refractivity contribution < 1.29 is 23.1 Å². The van der Waals surface area contributed by atoms with Crippen molar-refractivity contribution in [1.82, 2.24) is 9.78 Å². The summed E-state index contributed by atoms with van der Waals surface area (Å²) in [6.45, 7) is 0. The smallest absolute Gasteiger partial charge is 0.434 e. The number of alkyl halides is 3. The van der Waals surface area contributed by atoms with Crippen molar-refractivity contribution in [3.05, 3.63) is 39.6 Å². The molecule has 0 fully saturated rings. The summed E-state index contributed by atoms with van der Waals surface area (Å²) in [6.07, 6.45) is -4.27. The van der Waals surface area contributed by atoms with Crippen molar-refractivity contribution in [2.24, 2.45) is 0 Å². The highest BCUT2D eigenvalue weighted by atomic mass is 35.5. The molecule has 1 heterocycles. The summed E-state index contributed by atoms with van der Waals surface area (Å²) >= 11 is 11.8. The Morgan fingerprint density at radius 1 is 1.26 bits per heavy atom. The highest BCUT2D eigenvalue weighted by molar-refractivity contribution is 6.42. The van der Waals surface area contributed by atoms with E-state index in [-0.39, 0.29) is 15.7 Å². The second kappa shape index (κ2) is 5.93. The fourth-order valence-corrected chi connectivity index (χ4v) is 2.33. The highest BCUT2D eigenvalue weighted by Gasteiger charge is 2.41. The molecule has 0 aliphatic heterocycles. The maximum atomic E-state index is 13.3. The van der Waals surface area contributed by atoms with Crippen LogP contribution >= 0.6 is 23.2 Å². The van der Waals surface area contributed by atoms with E-state index < -0.39 is 23.4 Å². The number of rotatable bonds is 3. The number of nitrogens with zero attached hydrogens (tertiary/aromatic N) is 3. The number of anilines is 1. The van der Waals surface area contributed by atoms with Gasteiger partial charge in [0.2, 0.25) is 0 Å². The molecule has 0 atom stereocenters. The van der Waals surface area contributed by atoms with Gasteiger partial charge in [0.1, 0.15) is 5.56 Å². The molecule has 0 aliphatic carbocycles. The molecule has 0 aliphatic rings. The number of aromatic carboxylic acids is 1. The average molecular weight is 368 g/mol. The zero-order valence-corrected chi connectivity index (χ0v) is 13.3. The Balaban J connectivity index is 2.83. The molecule has 124 valence electrons. The lowest BCUT2D eigenvalue weighted by atomic mass is 10.2. The number of hydrogen-bond acceptors (Lipinski definition) is 3. The molecule has 5 nitrogen and oxygen atoms in total. The molecular weight excluding hydrogens is 358 g/mol. The van der Waals surface area contributed by atoms with Gasteiger partial charge >= 0.3 is 12.1 Å². The minimum absolute atomic E-state index is 0.0211. The van der Waals surface area contributed by atoms with Gasteiger partial charge in [-0.1, -0.05) is 23.2 Å². The zero-order valence-electron chi connectivity index (χ0n) is 11.8. The van der Waals surface area contributed by atoms with Crippen LogP contribution in [-0.2, 0) is 6.18 Å². The third-order valence-corrected chi connectivity index (χ3v) is 3.72. The van der Waals surface area contributed by atoms with E-state index >= 15 is 0 Å². The summed E-state index contributed by atoms with van der Waals surface area (Å²) in [6, 6.07) is 2.58. The summed E-state index contributed by atoms with van der Waals surface area (Å²) < 4.78 is 40.4. The molecule has 0 saturated heterocycles. The molecule has 2 aromatic rings. The van der Waals surface area contributed by atoms with Gasteiger partial charge in [0, 0.05) is 14.1 Å². The summed E-state index contributed by atoms with van der Waals surface area (Å²) in [5.41, 5.74) is -2.09. The molecular formula is C13H10Cl2F3N3O2. The van der Waals surface area contributed by atoms with Crippen molar-refractivity contribution in [2.75, 3.05) is 19.0 Å². The third-order valence-electron chi connectivity index (χ3n) is 3.00. The molecule has 23 heavy (non-hydrogen) atoms. The Kier molecular flexibility index (Phi) is 4.50. The van der Waals surface area contributed by atoms with E-state index in [0.29, 0.717) is 16.6 Å². The number of carboxylic acids is 1. The van der Waals surface area contributed by atoms with Crippen LogP contribution in [0.2, 0.25) is 10.0 Å². The lowest BCUT2D eigenvalue weighted by molar-refractivity contribution is -0.143. The Morgan fingerprint density at radius 3 is 2.30 bits per heavy atom. The predicted octanol–water partition coefficient (Wildman–Crippen LogP) is 3.96. The normalized spacial score (nSPS) is 11.6. The molecule has 0 spiro atoms. The van der Waals surface area contributed by atoms with Gasteiger partial charge < -0.3 is 10.0 Å². The maximum Gasteiger partial charge on any atom is 0.434 e. The average Bonchev–Trinajstić information content (AvgIpc) is 2.85. The molecule has 1 N–H and O–H groups in total. The summed E-state index contributed by atoms with van der Waals surface area (Å²) in [7, 11) is 3.19. The van der Waals surface area contributed by atoms with Crippen molar-refractivity contribution in [3.8, 4) is 5.69 Å². The van der Waals surface area contributed by atoms with Gasteiger partial charge in [0.05, 0.1) is 27.6 Å². The van der Waals surface area contributed by atoms with E-state index in [0.717, 1.165) is 0 Å². The van der Waals surface area contributed by atoms with Crippen LogP contribution in [0, 0.1) is 0 Å². The van der Waals surface area contributed by atoms with Gasteiger partial charge in [-0.15, -0.1) is 0 Å². The monoisotopic (exact) mass is 367 g/mol. The molecule has 1 aromatic carbocycles. The van der Waals surface area contributed by atoms with E-state index in [1.54, 1.807) is 14.1 Å². The first-order valence-electron chi connectivity index (χ1n) is 6.09. The van der Waals surface area contributed by atoms with Crippen LogP contribution in [0.1, 0.15) is 16.1 Å². The van der Waals surface area contributed by atoms with Crippen LogP contribution in [0.25, 0.3) is 5.69 Å². The maximum absolute atomic E-state index is 13.3. The quantitative estimate of drug-likeness (QED) is 0.891. The first kappa shape index (κ1) is 17.4. The van der Waals surface area contributed by atoms with E-state index in [1.165, 1.54) is 17.0 Å². The van der Waals surface area contributed by atoms with Crippen molar-refractivity contribution in [3.63, 3.8) is 0 Å². The molecule has 0 bridgehead atoms. The number of carboxylic acid groups (broad SMARTS) is 1. The number of benzene rings is 1. The Labute approximate surface area is 138 Å². The van der Waals surface area contributed by atoms with Crippen LogP contribution in [0.5, 0.6) is 0 Å². The van der Waals surface area contributed by atoms with Crippen molar-refractivity contribution in [2.45, 2.75) is 6.18 Å². The number of halogens is 5. The minimum Gasteiger partial charge on any atom is -0.478 e. The molecule has 0 amide bonds. The molecule has 0 saturated carbocycles. The Hall–Kier alpha value is -1.93. The third kappa shape index (κ3) is 3.23. The van der Waals surface area contributed by atoms with Gasteiger partial charge in [0.25, 0.3) is 0 Å². The van der Waals surface area contributed by atoms with Crippen molar-refractivity contribution >= 4 is 34.9 Å². The summed E-state index contributed by atoms with van der Waals surface area (Å²) in [5.74, 6) is -1.73. The Morgan fingerprint density at radius 2 is 1.83 bits per heavy atom. The van der Waals surface area contributed by atoms with Crippen LogP contribution < -0.4 is 4.90 Å². The lowest BCUT2D eigenvalue weighted by Gasteiger charge is -2.20. The van der Waals surface area contributed by atoms with E-state index in [2.05, 4.69) is 5.10 Å². The van der Waals surface area contributed by atoms with Gasteiger partial charge in [-0.05, 0) is 12.1 Å². The SMILES string of the molecule is CN(C)c1cc(Cl)c(Cl)cc1-n1ncc(C(=O)O)c1C(F)(F)F. The van der Waals surface area contributed by atoms with Crippen LogP contribution in [0.3, 0.4) is 0 Å². The molecule has 1 aromatic heterocycles. The van der Waals surface area contributed by atoms with Crippen LogP contribution in [-0.4, -0.2) is 35.0 Å². The van der Waals surface area contributed by atoms with E-state index in [1.807, 2.05) is 0 Å². The van der Waals surface area contributed by atoms with E-state index in [9.17, 15) is 18.0 Å². The van der Waals surface area contributed by atoms with Crippen LogP contribution in [0.4, 0.5) is 18.9 Å². The van der Waals surface area contributed by atoms with Gasteiger partial charge in [0.15, 0.2) is 5.69 Å². The molecule has 10 heteroatoms. The summed E-state index contributed by atoms with van der Waals surface area (Å²) in [4.78, 5) is 12.6. The standard InChI is InChI=1S/C13H10Cl2F3N3O2/c1-20(2)9-3-7(14)8(15)4-10(9)21-11(13(16,17)18)6(5-19-21)12(22)23/h3-5H,1-2H3,(H,22,23). The van der Waals surface area contributed by atoms with E-state index in [4.69, 9.17) is 28.3 Å². The number of hydrogen-bond donors (Lipinski definition) is 1. The summed E-state index contributed by atoms with van der Waals surface area (Å²) in [5, 5.41) is 12.7. The first-order chi connectivity index (χ1) is 10.5. The fraction of sp³-hybridized carbons (Fsp3) is 0.231. The number of aromatic nitrogens is 2. The van der Waals surface area contributed by atoms with Gasteiger partial charge in [-0.2, -0.15) is 18.3 Å². The number of carbonyl (C=O) groups is 1. The second-order valence-corrected chi connectivity index (χ2v) is 5.59. The lowest BCUT2D eigenvalue weighted by Crippen LogP contribution is -2.19. The predicted molar refractivity (Wildman–Crippen MR) is 79.9 cm³/mol. The highest BCUT2D eigenvalue weighted by Crippen LogP contribution is 2.38. The van der Waals surface area contributed by atoms with Crippen LogP contribution in [0.15, 0.2) is 18.3 Å². The van der Waals surface area contributed by atoms with Gasteiger partial charge in [-0.25, -0.2) is 9.48 Å². The van der Waals surface area contributed by atoms with Crippen molar-refractivity contribution in [1.29, 1.82) is 0 Å². The first-order valence-corrected chi connectivity index (χ1v) is 6.85. The Bertz CT molecular complexity index is 773. The minimum atomic E-state index is -4.92.